The third kappa shape index (κ3) is 3.93. The van der Waals surface area contributed by atoms with Crippen LogP contribution < -0.4 is 0 Å². The highest BCUT2D eigenvalue weighted by atomic mass is 16.3. The van der Waals surface area contributed by atoms with Crippen LogP contribution in [-0.2, 0) is 24.6 Å². The molecule has 7 rings (SSSR count). The maximum Gasteiger partial charge on any atom is 0.234 e. The van der Waals surface area contributed by atoms with E-state index in [0.717, 1.165) is 11.1 Å². The maximum absolute atomic E-state index is 14.9. The number of nitrogens with zero attached hydrogens (tertiary/aromatic N) is 1. The summed E-state index contributed by atoms with van der Waals surface area (Å²) in [4.78, 5) is 59.0. The standard InChI is InChI=1S/C38H35NO5/c1-37(2,3)39-35(43)27-18-17-26-29(32(27)36(39)44)20-30-34(42)28(22-11-6-4-7-12-22)21-31(41)38(30,24-14-8-5-9-15-24)33(26)23-13-10-16-25(40)19-23/h4-17,19,21,27,29-30,32-33,40H,18,20H2,1-3H3/t27-,29+,30-,32-,33-,38-/m0/s1. The molecule has 4 aliphatic rings. The summed E-state index contributed by atoms with van der Waals surface area (Å²) in [6, 6.07) is 25.6. The molecule has 1 N–H and O–H groups in total. The van der Waals surface area contributed by atoms with Crippen LogP contribution in [0.15, 0.2) is 103 Å². The Labute approximate surface area is 257 Å². The van der Waals surface area contributed by atoms with Crippen LogP contribution in [0.25, 0.3) is 5.57 Å². The number of aromatic hydroxyl groups is 1. The molecule has 0 spiro atoms. The predicted octanol–water partition coefficient (Wildman–Crippen LogP) is 6.02. The van der Waals surface area contributed by atoms with E-state index in [9.17, 15) is 24.3 Å². The SMILES string of the molecule is CC(C)(C)N1C(=O)[C@H]2[C@H](CC=C3[C@H]2C[C@H]2C(=O)C(c4ccccc4)=CC(=O)[C@@]2(c2ccccc2)[C@H]3c2cccc(O)c2)C1=O. The van der Waals surface area contributed by atoms with Crippen molar-refractivity contribution in [3.8, 4) is 5.75 Å². The number of fused-ring (bicyclic) bond motifs is 4. The van der Waals surface area contributed by atoms with Crippen LogP contribution in [0.3, 0.4) is 0 Å². The molecule has 44 heavy (non-hydrogen) atoms. The number of rotatable bonds is 3. The molecule has 6 heteroatoms. The maximum atomic E-state index is 14.9. The van der Waals surface area contributed by atoms with Gasteiger partial charge in [0.25, 0.3) is 0 Å². The highest BCUT2D eigenvalue weighted by Crippen LogP contribution is 2.63. The van der Waals surface area contributed by atoms with Gasteiger partial charge in [0.2, 0.25) is 11.8 Å². The summed E-state index contributed by atoms with van der Waals surface area (Å²) in [6.45, 7) is 5.60. The molecule has 2 amide bonds. The molecule has 1 aliphatic heterocycles. The van der Waals surface area contributed by atoms with Gasteiger partial charge in [0.1, 0.15) is 5.75 Å². The number of carbonyl (C=O) groups excluding carboxylic acids is 4. The molecule has 0 unspecified atom stereocenters. The van der Waals surface area contributed by atoms with E-state index < -0.39 is 40.5 Å². The topological polar surface area (TPSA) is 91.8 Å². The molecule has 3 aromatic rings. The fourth-order valence-electron chi connectivity index (χ4n) is 8.61. The zero-order valence-corrected chi connectivity index (χ0v) is 25.1. The van der Waals surface area contributed by atoms with Crippen molar-refractivity contribution in [2.45, 2.75) is 50.5 Å². The number of allylic oxidation sites excluding steroid dienone is 4. The minimum Gasteiger partial charge on any atom is -0.508 e. The Kier molecular flexibility index (Phi) is 6.40. The third-order valence-electron chi connectivity index (χ3n) is 10.2. The molecule has 1 saturated heterocycles. The minimum atomic E-state index is -1.30. The zero-order chi connectivity index (χ0) is 31.0. The number of Topliss-reactive ketones (excluding diaryl/α,β-unsaturated/α-hetero) is 1. The van der Waals surface area contributed by atoms with E-state index in [4.69, 9.17) is 0 Å². The quantitative estimate of drug-likeness (QED) is 0.300. The first-order valence-corrected chi connectivity index (χ1v) is 15.3. The van der Waals surface area contributed by atoms with Crippen molar-refractivity contribution in [2.24, 2.45) is 23.7 Å². The Morgan fingerprint density at radius 1 is 0.818 bits per heavy atom. The predicted molar refractivity (Wildman–Crippen MR) is 166 cm³/mol. The Morgan fingerprint density at radius 3 is 2.16 bits per heavy atom. The van der Waals surface area contributed by atoms with Gasteiger partial charge in [-0.05, 0) is 74.4 Å². The second-order valence-corrected chi connectivity index (χ2v) is 13.6. The molecule has 3 aliphatic carbocycles. The number of amides is 2. The normalized spacial score (nSPS) is 29.9. The van der Waals surface area contributed by atoms with Gasteiger partial charge in [-0.1, -0.05) is 84.4 Å². The lowest BCUT2D eigenvalue weighted by Crippen LogP contribution is -2.59. The number of phenolic OH excluding ortho intramolecular Hbond substituents is 1. The number of carbonyl (C=O) groups is 4. The molecule has 1 saturated carbocycles. The average Bonchev–Trinajstić information content (AvgIpc) is 3.28. The van der Waals surface area contributed by atoms with E-state index in [1.54, 1.807) is 18.2 Å². The van der Waals surface area contributed by atoms with Crippen LogP contribution in [0.1, 0.15) is 56.2 Å². The lowest BCUT2D eigenvalue weighted by Gasteiger charge is -2.55. The van der Waals surface area contributed by atoms with Gasteiger partial charge >= 0.3 is 0 Å². The number of imide groups is 1. The number of hydrogen-bond acceptors (Lipinski definition) is 5. The largest absolute Gasteiger partial charge is 0.508 e. The van der Waals surface area contributed by atoms with Crippen LogP contribution in [0.2, 0.25) is 0 Å². The summed E-state index contributed by atoms with van der Waals surface area (Å²) in [5, 5.41) is 10.7. The first-order chi connectivity index (χ1) is 21.0. The van der Waals surface area contributed by atoms with Gasteiger partial charge in [0.15, 0.2) is 11.6 Å². The van der Waals surface area contributed by atoms with E-state index in [2.05, 4.69) is 0 Å². The van der Waals surface area contributed by atoms with Gasteiger partial charge in [0.05, 0.1) is 17.3 Å². The highest BCUT2D eigenvalue weighted by molar-refractivity contribution is 6.31. The fourth-order valence-corrected chi connectivity index (χ4v) is 8.61. The van der Waals surface area contributed by atoms with E-state index in [1.807, 2.05) is 93.6 Å². The summed E-state index contributed by atoms with van der Waals surface area (Å²) < 4.78 is 0. The van der Waals surface area contributed by atoms with Gasteiger partial charge < -0.3 is 5.11 Å². The molecule has 2 fully saturated rings. The number of likely N-dealkylation sites (tertiary alicyclic amines) is 1. The second kappa shape index (κ2) is 9.98. The minimum absolute atomic E-state index is 0.0554. The molecular formula is C38H35NO5. The number of phenols is 1. The van der Waals surface area contributed by atoms with Crippen molar-refractivity contribution < 1.29 is 24.3 Å². The van der Waals surface area contributed by atoms with Crippen molar-refractivity contribution in [1.29, 1.82) is 0 Å². The summed E-state index contributed by atoms with van der Waals surface area (Å²) in [6.07, 6.45) is 4.21. The lowest BCUT2D eigenvalue weighted by atomic mass is 9.44. The Hall–Kier alpha value is -4.58. The van der Waals surface area contributed by atoms with E-state index >= 15 is 0 Å². The monoisotopic (exact) mass is 585 g/mol. The van der Waals surface area contributed by atoms with Gasteiger partial charge in [-0.2, -0.15) is 0 Å². The summed E-state index contributed by atoms with van der Waals surface area (Å²) in [5.74, 6) is -3.62. The van der Waals surface area contributed by atoms with E-state index in [0.29, 0.717) is 23.1 Å². The second-order valence-electron chi connectivity index (χ2n) is 13.6. The third-order valence-corrected chi connectivity index (χ3v) is 10.2. The molecule has 6 nitrogen and oxygen atoms in total. The van der Waals surface area contributed by atoms with Crippen molar-refractivity contribution in [3.63, 3.8) is 0 Å². The van der Waals surface area contributed by atoms with Crippen LogP contribution in [0.5, 0.6) is 5.75 Å². The van der Waals surface area contributed by atoms with Crippen molar-refractivity contribution in [3.05, 3.63) is 119 Å². The molecule has 0 bridgehead atoms. The highest BCUT2D eigenvalue weighted by Gasteiger charge is 2.66. The van der Waals surface area contributed by atoms with Gasteiger partial charge in [-0.25, -0.2) is 0 Å². The number of hydrogen-bond donors (Lipinski definition) is 1. The molecule has 222 valence electrons. The lowest BCUT2D eigenvalue weighted by molar-refractivity contribution is -0.145. The number of benzene rings is 3. The molecule has 6 atom stereocenters. The van der Waals surface area contributed by atoms with Gasteiger partial charge in [-0.15, -0.1) is 0 Å². The summed E-state index contributed by atoms with van der Waals surface area (Å²) >= 11 is 0. The van der Waals surface area contributed by atoms with Crippen LogP contribution >= 0.6 is 0 Å². The van der Waals surface area contributed by atoms with Gasteiger partial charge in [-0.3, -0.25) is 24.1 Å². The van der Waals surface area contributed by atoms with Crippen LogP contribution in [0, 0.1) is 23.7 Å². The average molecular weight is 586 g/mol. The smallest absolute Gasteiger partial charge is 0.234 e. The Morgan fingerprint density at radius 2 is 1.50 bits per heavy atom. The van der Waals surface area contributed by atoms with Crippen LogP contribution in [-0.4, -0.2) is 38.9 Å². The zero-order valence-electron chi connectivity index (χ0n) is 25.1. The summed E-state index contributed by atoms with van der Waals surface area (Å²) in [7, 11) is 0. The van der Waals surface area contributed by atoms with Crippen molar-refractivity contribution in [1.82, 2.24) is 4.90 Å². The first-order valence-electron chi connectivity index (χ1n) is 15.3. The van der Waals surface area contributed by atoms with E-state index in [-0.39, 0.29) is 35.6 Å². The van der Waals surface area contributed by atoms with Crippen molar-refractivity contribution in [2.75, 3.05) is 0 Å². The first kappa shape index (κ1) is 28.2. The van der Waals surface area contributed by atoms with Crippen molar-refractivity contribution >= 4 is 29.0 Å². The molecule has 0 radical (unpaired) electrons. The number of ketones is 2. The van der Waals surface area contributed by atoms with Crippen LogP contribution in [0.4, 0.5) is 0 Å². The van der Waals surface area contributed by atoms with Gasteiger partial charge in [0, 0.05) is 22.9 Å². The summed E-state index contributed by atoms with van der Waals surface area (Å²) in [5.41, 5.74) is 1.39. The Balaban J connectivity index is 1.50. The molecular weight excluding hydrogens is 550 g/mol. The molecule has 0 aromatic heterocycles. The fraction of sp³-hybridized carbons (Fsp3) is 0.316. The molecule has 1 heterocycles. The Bertz CT molecular complexity index is 1770. The molecule has 3 aromatic carbocycles. The van der Waals surface area contributed by atoms with E-state index in [1.165, 1.54) is 11.0 Å².